The van der Waals surface area contributed by atoms with Crippen LogP contribution in [0, 0.1) is 11.7 Å². The fourth-order valence-corrected chi connectivity index (χ4v) is 3.57. The molecule has 0 amide bonds. The molecule has 1 N–H and O–H groups in total. The zero-order valence-corrected chi connectivity index (χ0v) is 14.2. The van der Waals surface area contributed by atoms with Gasteiger partial charge in [0.05, 0.1) is 12.4 Å². The normalized spacial score (nSPS) is 16.1. The van der Waals surface area contributed by atoms with E-state index in [2.05, 4.69) is 11.3 Å². The van der Waals surface area contributed by atoms with Crippen LogP contribution < -0.4 is 9.46 Å². The van der Waals surface area contributed by atoms with Crippen LogP contribution in [-0.4, -0.2) is 20.8 Å². The predicted octanol–water partition coefficient (Wildman–Crippen LogP) is 3.56. The molecular formula is C17H24FNO3S. The highest BCUT2D eigenvalue weighted by Gasteiger charge is 2.23. The molecule has 1 aliphatic rings. The van der Waals surface area contributed by atoms with Gasteiger partial charge >= 0.3 is 0 Å². The molecule has 1 aromatic carbocycles. The van der Waals surface area contributed by atoms with Gasteiger partial charge < -0.3 is 4.74 Å². The molecule has 0 aromatic heterocycles. The van der Waals surface area contributed by atoms with Crippen LogP contribution in [0.5, 0.6) is 5.75 Å². The van der Waals surface area contributed by atoms with Gasteiger partial charge in [-0.25, -0.2) is 17.5 Å². The number of benzene rings is 1. The summed E-state index contributed by atoms with van der Waals surface area (Å²) >= 11 is 0. The molecule has 1 unspecified atom stereocenters. The van der Waals surface area contributed by atoms with Crippen LogP contribution in [0.4, 0.5) is 4.39 Å². The van der Waals surface area contributed by atoms with Gasteiger partial charge in [0, 0.05) is 6.04 Å². The average Bonchev–Trinajstić information content (AvgIpc) is 3.34. The topological polar surface area (TPSA) is 55.4 Å². The van der Waals surface area contributed by atoms with Crippen LogP contribution in [0.1, 0.15) is 44.2 Å². The molecular weight excluding hydrogens is 317 g/mol. The summed E-state index contributed by atoms with van der Waals surface area (Å²) in [5.74, 6) is 0.300. The van der Waals surface area contributed by atoms with Crippen molar-refractivity contribution >= 4 is 10.0 Å². The summed E-state index contributed by atoms with van der Waals surface area (Å²) in [6, 6.07) is 4.14. The lowest BCUT2D eigenvalue weighted by Crippen LogP contribution is -2.30. The maximum absolute atomic E-state index is 13.8. The summed E-state index contributed by atoms with van der Waals surface area (Å²) in [4.78, 5) is 0. The Kier molecular flexibility index (Phi) is 6.18. The lowest BCUT2D eigenvalue weighted by molar-refractivity contribution is 0.284. The number of ether oxygens (including phenoxy) is 1. The van der Waals surface area contributed by atoms with E-state index >= 15 is 0 Å². The molecule has 0 radical (unpaired) electrons. The second kappa shape index (κ2) is 7.93. The molecule has 2 rings (SSSR count). The van der Waals surface area contributed by atoms with Crippen molar-refractivity contribution in [3.8, 4) is 5.75 Å². The Labute approximate surface area is 137 Å². The summed E-state index contributed by atoms with van der Waals surface area (Å²) in [5, 5.41) is 0. The fraction of sp³-hybridized carbons (Fsp3) is 0.529. The minimum Gasteiger partial charge on any atom is -0.490 e. The fourth-order valence-electron chi connectivity index (χ4n) is 2.24. The van der Waals surface area contributed by atoms with Gasteiger partial charge in [-0.05, 0) is 49.3 Å². The van der Waals surface area contributed by atoms with Gasteiger partial charge in [0.2, 0.25) is 10.0 Å². The molecule has 0 saturated heterocycles. The Balaban J connectivity index is 2.09. The second-order valence-electron chi connectivity index (χ2n) is 5.92. The third-order valence-corrected chi connectivity index (χ3v) is 5.27. The van der Waals surface area contributed by atoms with E-state index in [1.807, 2.05) is 6.92 Å². The third-order valence-electron chi connectivity index (χ3n) is 3.85. The third kappa shape index (κ3) is 5.62. The highest BCUT2D eigenvalue weighted by atomic mass is 32.2. The van der Waals surface area contributed by atoms with Crippen molar-refractivity contribution in [3.63, 3.8) is 0 Å². The second-order valence-corrected chi connectivity index (χ2v) is 7.79. The molecule has 6 heteroatoms. The lowest BCUT2D eigenvalue weighted by atomic mass is 10.1. The van der Waals surface area contributed by atoms with Gasteiger partial charge in [-0.15, -0.1) is 6.58 Å². The van der Waals surface area contributed by atoms with E-state index in [0.717, 1.165) is 12.8 Å². The minimum absolute atomic E-state index is 0.000762. The first-order valence-corrected chi connectivity index (χ1v) is 9.63. The lowest BCUT2D eigenvalue weighted by Gasteiger charge is -2.18. The molecule has 0 bridgehead atoms. The summed E-state index contributed by atoms with van der Waals surface area (Å²) < 4.78 is 46.1. The number of hydrogen-bond acceptors (Lipinski definition) is 3. The summed E-state index contributed by atoms with van der Waals surface area (Å²) in [6.07, 6.45) is 4.79. The summed E-state index contributed by atoms with van der Waals surface area (Å²) in [6.45, 7) is 5.93. The monoisotopic (exact) mass is 341 g/mol. The van der Waals surface area contributed by atoms with Gasteiger partial charge in [0.15, 0.2) is 11.6 Å². The number of allylic oxidation sites excluding steroid dienone is 1. The Morgan fingerprint density at radius 3 is 2.83 bits per heavy atom. The molecule has 23 heavy (non-hydrogen) atoms. The molecule has 0 aliphatic heterocycles. The van der Waals surface area contributed by atoms with Gasteiger partial charge in [-0.3, -0.25) is 0 Å². The molecule has 1 aromatic rings. The van der Waals surface area contributed by atoms with Crippen LogP contribution in [0.15, 0.2) is 30.9 Å². The van der Waals surface area contributed by atoms with E-state index in [-0.39, 0.29) is 11.5 Å². The molecule has 0 spiro atoms. The Hall–Kier alpha value is -1.40. The molecule has 1 atom stereocenters. The first kappa shape index (κ1) is 17.9. The number of halogens is 1. The maximum Gasteiger partial charge on any atom is 0.212 e. The highest BCUT2D eigenvalue weighted by molar-refractivity contribution is 7.89. The van der Waals surface area contributed by atoms with Crippen molar-refractivity contribution in [2.24, 2.45) is 5.92 Å². The van der Waals surface area contributed by atoms with Gasteiger partial charge in [-0.2, -0.15) is 0 Å². The van der Waals surface area contributed by atoms with E-state index in [1.54, 1.807) is 18.2 Å². The van der Waals surface area contributed by atoms with E-state index in [0.29, 0.717) is 30.9 Å². The average molecular weight is 341 g/mol. The number of sulfonamides is 1. The zero-order valence-electron chi connectivity index (χ0n) is 13.4. The number of hydrogen-bond donors (Lipinski definition) is 1. The van der Waals surface area contributed by atoms with E-state index in [1.165, 1.54) is 6.07 Å². The number of rotatable bonds is 10. The van der Waals surface area contributed by atoms with E-state index in [4.69, 9.17) is 4.74 Å². The highest BCUT2D eigenvalue weighted by Crippen LogP contribution is 2.31. The summed E-state index contributed by atoms with van der Waals surface area (Å²) in [7, 11) is -3.40. The van der Waals surface area contributed by atoms with Crippen LogP contribution in [0.2, 0.25) is 0 Å². The smallest absolute Gasteiger partial charge is 0.212 e. The first-order valence-electron chi connectivity index (χ1n) is 7.98. The van der Waals surface area contributed by atoms with Gasteiger partial charge in [0.1, 0.15) is 0 Å². The zero-order chi connectivity index (χ0) is 16.9. The Bertz CT molecular complexity index is 641. The van der Waals surface area contributed by atoms with Crippen molar-refractivity contribution in [3.05, 3.63) is 42.2 Å². The van der Waals surface area contributed by atoms with Gasteiger partial charge in [-0.1, -0.05) is 19.1 Å². The summed E-state index contributed by atoms with van der Waals surface area (Å²) in [5.41, 5.74) is 0.710. The Morgan fingerprint density at radius 1 is 1.48 bits per heavy atom. The van der Waals surface area contributed by atoms with Crippen molar-refractivity contribution in [2.75, 3.05) is 12.4 Å². The predicted molar refractivity (Wildman–Crippen MR) is 89.4 cm³/mol. The minimum atomic E-state index is -3.40. The van der Waals surface area contributed by atoms with Crippen molar-refractivity contribution in [2.45, 2.75) is 38.6 Å². The molecule has 1 aliphatic carbocycles. The van der Waals surface area contributed by atoms with Crippen molar-refractivity contribution in [1.29, 1.82) is 0 Å². The van der Waals surface area contributed by atoms with Crippen LogP contribution in [0.3, 0.4) is 0 Å². The van der Waals surface area contributed by atoms with Crippen LogP contribution in [0.25, 0.3) is 0 Å². The molecule has 1 saturated carbocycles. The van der Waals surface area contributed by atoms with E-state index < -0.39 is 21.9 Å². The molecule has 1 fully saturated rings. The SMILES string of the molecule is C=CCCS(=O)(=O)NC(CC)c1ccc(F)c(OCC2CC2)c1. The quantitative estimate of drug-likeness (QED) is 0.662. The van der Waals surface area contributed by atoms with Crippen LogP contribution >= 0.6 is 0 Å². The van der Waals surface area contributed by atoms with Crippen molar-refractivity contribution < 1.29 is 17.5 Å². The maximum atomic E-state index is 13.8. The first-order chi connectivity index (χ1) is 10.9. The molecule has 4 nitrogen and oxygen atoms in total. The molecule has 128 valence electrons. The van der Waals surface area contributed by atoms with Crippen LogP contribution in [-0.2, 0) is 10.0 Å². The molecule has 0 heterocycles. The Morgan fingerprint density at radius 2 is 2.22 bits per heavy atom. The largest absolute Gasteiger partial charge is 0.490 e. The standard InChI is InChI=1S/C17H24FNO3S/c1-3-5-10-23(20,21)19-16(4-2)14-8-9-15(18)17(11-14)22-12-13-6-7-13/h3,8-9,11,13,16,19H,1,4-7,10,12H2,2H3. The van der Waals surface area contributed by atoms with Crippen molar-refractivity contribution in [1.82, 2.24) is 4.72 Å². The number of nitrogens with one attached hydrogen (secondary N) is 1. The van der Waals surface area contributed by atoms with E-state index in [9.17, 15) is 12.8 Å². The van der Waals surface area contributed by atoms with Gasteiger partial charge in [0.25, 0.3) is 0 Å².